The van der Waals surface area contributed by atoms with Crippen LogP contribution in [0.15, 0.2) is 53.4 Å². The lowest BCUT2D eigenvalue weighted by Crippen LogP contribution is -2.11. The topological polar surface area (TPSA) is 139 Å². The van der Waals surface area contributed by atoms with Crippen LogP contribution < -0.4 is 5.14 Å². The summed E-state index contributed by atoms with van der Waals surface area (Å²) >= 11 is 0. The van der Waals surface area contributed by atoms with Gasteiger partial charge in [-0.1, -0.05) is 42.5 Å². The zero-order valence-corrected chi connectivity index (χ0v) is 14.1. The predicted molar refractivity (Wildman–Crippen MR) is 95.5 cm³/mol. The number of nitrogens with one attached hydrogen (secondary N) is 1. The highest BCUT2D eigenvalue weighted by Crippen LogP contribution is 2.22. The lowest BCUT2D eigenvalue weighted by molar-refractivity contribution is 0.0690. The van der Waals surface area contributed by atoms with Gasteiger partial charge in [-0.25, -0.2) is 18.4 Å². The number of hydrogen-bond donors (Lipinski definition) is 3. The minimum absolute atomic E-state index is 0.0580. The summed E-state index contributed by atoms with van der Waals surface area (Å²) < 4.78 is 22.6. The van der Waals surface area contributed by atoms with E-state index in [1.54, 1.807) is 24.3 Å². The quantitative estimate of drug-likeness (QED) is 0.627. The zero-order valence-electron chi connectivity index (χ0n) is 13.3. The van der Waals surface area contributed by atoms with Crippen LogP contribution in [0.1, 0.15) is 21.7 Å². The average Bonchev–Trinajstić information content (AvgIpc) is 3.09. The van der Waals surface area contributed by atoms with Crippen LogP contribution in [0.2, 0.25) is 0 Å². The molecule has 0 atom stereocenters. The Hall–Kier alpha value is -3.30. The maximum absolute atomic E-state index is 11.3. The molecule has 4 N–H and O–H groups in total. The summed E-state index contributed by atoms with van der Waals surface area (Å²) in [5.74, 6) is -1.16. The van der Waals surface area contributed by atoms with Gasteiger partial charge in [0.25, 0.3) is 0 Å². The summed E-state index contributed by atoms with van der Waals surface area (Å²) in [6.07, 6.45) is 3.28. The van der Waals surface area contributed by atoms with Crippen molar-refractivity contribution in [1.82, 2.24) is 15.4 Å². The Morgan fingerprint density at radius 3 is 2.08 bits per heavy atom. The molecule has 0 aliphatic heterocycles. The minimum atomic E-state index is -3.71. The number of carboxylic acid groups (broad SMARTS) is 1. The van der Waals surface area contributed by atoms with E-state index in [1.807, 2.05) is 24.3 Å². The highest BCUT2D eigenvalue weighted by atomic mass is 32.2. The number of aromatic amines is 1. The van der Waals surface area contributed by atoms with Crippen LogP contribution in [0.3, 0.4) is 0 Å². The van der Waals surface area contributed by atoms with Gasteiger partial charge in [0, 0.05) is 0 Å². The predicted octanol–water partition coefficient (Wildman–Crippen LogP) is 1.99. The number of H-pyrrole nitrogens is 1. The lowest BCUT2D eigenvalue weighted by Gasteiger charge is -2.04. The van der Waals surface area contributed by atoms with E-state index in [4.69, 9.17) is 10.2 Å². The van der Waals surface area contributed by atoms with E-state index in [1.165, 1.54) is 12.1 Å². The van der Waals surface area contributed by atoms with E-state index in [-0.39, 0.29) is 16.3 Å². The molecule has 2 aromatic carbocycles. The van der Waals surface area contributed by atoms with Gasteiger partial charge in [-0.05, 0) is 34.9 Å². The first-order chi connectivity index (χ1) is 12.3. The first kappa shape index (κ1) is 17.5. The molecule has 0 unspecified atom stereocenters. The summed E-state index contributed by atoms with van der Waals surface area (Å²) in [6, 6.07) is 13.7. The summed E-state index contributed by atoms with van der Waals surface area (Å²) in [5, 5.41) is 23.7. The minimum Gasteiger partial charge on any atom is -0.476 e. The number of carbonyl (C=O) groups is 1. The Morgan fingerprint density at radius 2 is 1.54 bits per heavy atom. The monoisotopic (exact) mass is 370 g/mol. The second-order valence-corrected chi connectivity index (χ2v) is 6.95. The van der Waals surface area contributed by atoms with E-state index >= 15 is 0 Å². The van der Waals surface area contributed by atoms with Gasteiger partial charge in [-0.2, -0.15) is 10.3 Å². The van der Waals surface area contributed by atoms with Gasteiger partial charge >= 0.3 is 5.97 Å². The Balaban J connectivity index is 1.79. The van der Waals surface area contributed by atoms with Crippen LogP contribution in [0.4, 0.5) is 0 Å². The van der Waals surface area contributed by atoms with Gasteiger partial charge in [0.1, 0.15) is 5.69 Å². The van der Waals surface area contributed by atoms with Crippen molar-refractivity contribution in [1.29, 1.82) is 0 Å². The molecule has 0 radical (unpaired) electrons. The molecule has 0 amide bonds. The third-order valence-corrected chi connectivity index (χ3v) is 4.57. The second kappa shape index (κ2) is 6.90. The van der Waals surface area contributed by atoms with Gasteiger partial charge < -0.3 is 5.11 Å². The SMILES string of the molecule is NS(=O)(=O)c1ccc(-c2ccc(C=Cc3n[nH]nc3C(=O)O)cc2)cc1. The van der Waals surface area contributed by atoms with Crippen LogP contribution in [0, 0.1) is 0 Å². The van der Waals surface area contributed by atoms with Crippen molar-refractivity contribution in [2.75, 3.05) is 0 Å². The molecule has 3 aromatic rings. The number of hydrogen-bond acceptors (Lipinski definition) is 5. The molecule has 1 heterocycles. The van der Waals surface area contributed by atoms with Crippen LogP contribution in [0.25, 0.3) is 23.3 Å². The van der Waals surface area contributed by atoms with Crippen molar-refractivity contribution < 1.29 is 18.3 Å². The average molecular weight is 370 g/mol. The molecule has 0 fully saturated rings. The molecule has 0 aliphatic rings. The number of nitrogens with zero attached hydrogens (tertiary/aromatic N) is 2. The molecule has 9 heteroatoms. The van der Waals surface area contributed by atoms with Gasteiger partial charge in [0.2, 0.25) is 10.0 Å². The number of aromatic nitrogens is 3. The summed E-state index contributed by atoms with van der Waals surface area (Å²) in [7, 11) is -3.71. The van der Waals surface area contributed by atoms with Crippen molar-refractivity contribution in [2.45, 2.75) is 4.90 Å². The number of nitrogens with two attached hydrogens (primary N) is 1. The number of sulfonamides is 1. The Morgan fingerprint density at radius 1 is 0.962 bits per heavy atom. The molecular weight excluding hydrogens is 356 g/mol. The molecule has 1 aromatic heterocycles. The van der Waals surface area contributed by atoms with Crippen molar-refractivity contribution in [3.63, 3.8) is 0 Å². The fourth-order valence-electron chi connectivity index (χ4n) is 2.31. The molecule has 8 nitrogen and oxygen atoms in total. The Labute approximate surface area is 149 Å². The highest BCUT2D eigenvalue weighted by molar-refractivity contribution is 7.89. The van der Waals surface area contributed by atoms with Gasteiger partial charge in [0.05, 0.1) is 4.90 Å². The number of rotatable bonds is 5. The first-order valence-corrected chi connectivity index (χ1v) is 8.95. The maximum Gasteiger partial charge on any atom is 0.358 e. The molecule has 26 heavy (non-hydrogen) atoms. The van der Waals surface area contributed by atoms with Crippen molar-refractivity contribution in [3.05, 3.63) is 65.5 Å². The molecular formula is C17H14N4O4S. The zero-order chi connectivity index (χ0) is 18.7. The molecule has 132 valence electrons. The molecule has 3 rings (SSSR count). The number of benzene rings is 2. The van der Waals surface area contributed by atoms with Crippen LogP contribution >= 0.6 is 0 Å². The van der Waals surface area contributed by atoms with Gasteiger partial charge in [-0.15, -0.1) is 5.10 Å². The normalized spacial score (nSPS) is 11.7. The maximum atomic E-state index is 11.3. The molecule has 0 saturated heterocycles. The first-order valence-electron chi connectivity index (χ1n) is 7.40. The third kappa shape index (κ3) is 3.85. The molecule has 0 spiro atoms. The van der Waals surface area contributed by atoms with Gasteiger partial charge in [0.15, 0.2) is 5.69 Å². The van der Waals surface area contributed by atoms with Crippen molar-refractivity contribution >= 4 is 28.1 Å². The highest BCUT2D eigenvalue weighted by Gasteiger charge is 2.12. The summed E-state index contributed by atoms with van der Waals surface area (Å²) in [4.78, 5) is 11.0. The van der Waals surface area contributed by atoms with Crippen molar-refractivity contribution in [3.8, 4) is 11.1 Å². The Bertz CT molecular complexity index is 1070. The van der Waals surface area contributed by atoms with E-state index in [0.717, 1.165) is 16.7 Å². The standard InChI is InChI=1S/C17H14N4O4S/c18-26(24,25)14-8-6-13(7-9-14)12-4-1-11(2-5-12)3-10-15-16(17(22)23)20-21-19-15/h1-10H,(H,22,23)(H2,18,24,25)(H,19,20,21). The Kier molecular flexibility index (Phi) is 4.65. The second-order valence-electron chi connectivity index (χ2n) is 5.39. The largest absolute Gasteiger partial charge is 0.476 e. The lowest BCUT2D eigenvalue weighted by atomic mass is 10.0. The van der Waals surface area contributed by atoms with Crippen LogP contribution in [-0.4, -0.2) is 34.9 Å². The third-order valence-electron chi connectivity index (χ3n) is 3.64. The molecule has 0 bridgehead atoms. The van der Waals surface area contributed by atoms with Crippen molar-refractivity contribution in [2.24, 2.45) is 5.14 Å². The number of primary sulfonamides is 1. The van der Waals surface area contributed by atoms with Gasteiger partial charge in [-0.3, -0.25) is 0 Å². The van der Waals surface area contributed by atoms with E-state index in [0.29, 0.717) is 0 Å². The van der Waals surface area contributed by atoms with E-state index in [2.05, 4.69) is 15.4 Å². The van der Waals surface area contributed by atoms with E-state index < -0.39 is 16.0 Å². The smallest absolute Gasteiger partial charge is 0.358 e. The number of carboxylic acids is 1. The molecule has 0 saturated carbocycles. The van der Waals surface area contributed by atoms with Crippen LogP contribution in [0.5, 0.6) is 0 Å². The van der Waals surface area contributed by atoms with Crippen LogP contribution in [-0.2, 0) is 10.0 Å². The summed E-state index contributed by atoms with van der Waals surface area (Å²) in [5.41, 5.74) is 2.68. The molecule has 0 aliphatic carbocycles. The summed E-state index contributed by atoms with van der Waals surface area (Å²) in [6.45, 7) is 0. The fourth-order valence-corrected chi connectivity index (χ4v) is 2.83. The fraction of sp³-hybridized carbons (Fsp3) is 0. The number of aromatic carboxylic acids is 1. The van der Waals surface area contributed by atoms with E-state index in [9.17, 15) is 13.2 Å².